The molecule has 1 aliphatic heterocycles. The number of hydrazone groups is 1. The van der Waals surface area contributed by atoms with Gasteiger partial charge in [0, 0.05) is 6.04 Å². The van der Waals surface area contributed by atoms with E-state index in [1.165, 1.54) is 0 Å². The normalized spacial score (nSPS) is 22.6. The van der Waals surface area contributed by atoms with Gasteiger partial charge in [-0.1, -0.05) is 20.8 Å². The van der Waals surface area contributed by atoms with Crippen LogP contribution in [0.2, 0.25) is 0 Å². The van der Waals surface area contributed by atoms with Crippen LogP contribution in [-0.4, -0.2) is 23.4 Å². The lowest BCUT2D eigenvalue weighted by Gasteiger charge is -2.32. The van der Waals surface area contributed by atoms with Crippen molar-refractivity contribution in [1.29, 1.82) is 0 Å². The summed E-state index contributed by atoms with van der Waals surface area (Å²) in [5.41, 5.74) is 3.49. The van der Waals surface area contributed by atoms with Gasteiger partial charge in [0.15, 0.2) is 0 Å². The Hall–Kier alpha value is -0.730. The number of hydrogen-bond donors (Lipinski definition) is 1. The molecule has 1 unspecified atom stereocenters. The van der Waals surface area contributed by atoms with Crippen molar-refractivity contribution in [2.24, 2.45) is 10.5 Å². The molecule has 0 bridgehead atoms. The Labute approximate surface area is 81.2 Å². The molecule has 0 radical (unpaired) electrons. The second-order valence-corrected chi connectivity index (χ2v) is 5.20. The average molecular weight is 183 g/mol. The maximum Gasteiger partial charge on any atom is 0.117 e. The van der Waals surface area contributed by atoms with E-state index in [1.54, 1.807) is 0 Å². The van der Waals surface area contributed by atoms with Crippen LogP contribution >= 0.6 is 0 Å². The topological polar surface area (TPSA) is 27.6 Å². The smallest absolute Gasteiger partial charge is 0.117 e. The Bertz CT molecular complexity index is 191. The molecule has 0 amide bonds. The molecule has 3 heteroatoms. The first-order valence-corrected chi connectivity index (χ1v) is 4.96. The molecule has 0 aliphatic carbocycles. The maximum absolute atomic E-state index is 4.10. The van der Waals surface area contributed by atoms with Crippen LogP contribution in [0.5, 0.6) is 0 Å². The second-order valence-electron chi connectivity index (χ2n) is 5.20. The van der Waals surface area contributed by atoms with Crippen LogP contribution in [0.3, 0.4) is 0 Å². The monoisotopic (exact) mass is 183 g/mol. The lowest BCUT2D eigenvalue weighted by Crippen LogP contribution is -2.43. The third-order valence-electron chi connectivity index (χ3n) is 2.18. The first kappa shape index (κ1) is 10.4. The van der Waals surface area contributed by atoms with Crippen LogP contribution in [0, 0.1) is 5.41 Å². The molecular weight excluding hydrogens is 162 g/mol. The predicted octanol–water partition coefficient (Wildman–Crippen LogP) is 2.01. The van der Waals surface area contributed by atoms with E-state index < -0.39 is 0 Å². The largest absolute Gasteiger partial charge is 0.337 e. The summed E-state index contributed by atoms with van der Waals surface area (Å²) >= 11 is 0. The molecule has 76 valence electrons. The minimum Gasteiger partial charge on any atom is -0.337 e. The van der Waals surface area contributed by atoms with Gasteiger partial charge in [-0.25, -0.2) is 0 Å². The molecule has 0 saturated heterocycles. The highest BCUT2D eigenvalue weighted by atomic mass is 15.5. The fourth-order valence-corrected chi connectivity index (χ4v) is 1.56. The van der Waals surface area contributed by atoms with E-state index >= 15 is 0 Å². The lowest BCUT2D eigenvalue weighted by atomic mass is 9.90. The maximum atomic E-state index is 4.10. The highest BCUT2D eigenvalue weighted by Gasteiger charge is 2.26. The standard InChI is InChI=1S/C10H21N3/c1-8(2)13-7-11-12-9(13)6-10(3,4)5/h7-9,12H,6H2,1-5H3. The van der Waals surface area contributed by atoms with E-state index in [1.807, 2.05) is 6.34 Å². The number of rotatable bonds is 2. The number of nitrogens with zero attached hydrogens (tertiary/aromatic N) is 2. The van der Waals surface area contributed by atoms with Gasteiger partial charge in [-0.3, -0.25) is 5.43 Å². The molecule has 1 atom stereocenters. The van der Waals surface area contributed by atoms with Gasteiger partial charge in [0.1, 0.15) is 12.5 Å². The molecule has 1 heterocycles. The highest BCUT2D eigenvalue weighted by Crippen LogP contribution is 2.24. The molecule has 3 nitrogen and oxygen atoms in total. The zero-order chi connectivity index (χ0) is 10.1. The Kier molecular flexibility index (Phi) is 2.84. The molecule has 1 aliphatic rings. The van der Waals surface area contributed by atoms with Crippen molar-refractivity contribution in [3.8, 4) is 0 Å². The van der Waals surface area contributed by atoms with E-state index in [4.69, 9.17) is 0 Å². The summed E-state index contributed by atoms with van der Waals surface area (Å²) in [6.45, 7) is 11.1. The highest BCUT2D eigenvalue weighted by molar-refractivity contribution is 5.57. The van der Waals surface area contributed by atoms with Crippen molar-refractivity contribution in [3.63, 3.8) is 0 Å². The van der Waals surface area contributed by atoms with Gasteiger partial charge in [0.05, 0.1) is 0 Å². The Morgan fingerprint density at radius 2 is 2.08 bits per heavy atom. The molecule has 0 fully saturated rings. The second kappa shape index (κ2) is 3.56. The Morgan fingerprint density at radius 3 is 2.54 bits per heavy atom. The molecule has 0 aromatic carbocycles. The fourth-order valence-electron chi connectivity index (χ4n) is 1.56. The summed E-state index contributed by atoms with van der Waals surface area (Å²) < 4.78 is 0. The van der Waals surface area contributed by atoms with Crippen molar-refractivity contribution >= 4 is 6.34 Å². The van der Waals surface area contributed by atoms with Crippen LogP contribution < -0.4 is 5.43 Å². The van der Waals surface area contributed by atoms with Crippen molar-refractivity contribution in [2.45, 2.75) is 53.2 Å². The lowest BCUT2D eigenvalue weighted by molar-refractivity contribution is 0.189. The molecule has 0 aromatic rings. The minimum atomic E-state index is 0.346. The molecule has 1 N–H and O–H groups in total. The van der Waals surface area contributed by atoms with Crippen molar-refractivity contribution in [1.82, 2.24) is 10.3 Å². The van der Waals surface area contributed by atoms with Gasteiger partial charge < -0.3 is 4.90 Å². The van der Waals surface area contributed by atoms with Gasteiger partial charge in [0.2, 0.25) is 0 Å². The Morgan fingerprint density at radius 1 is 1.46 bits per heavy atom. The Balaban J connectivity index is 2.52. The first-order valence-electron chi connectivity index (χ1n) is 4.96. The van der Waals surface area contributed by atoms with Crippen molar-refractivity contribution in [2.75, 3.05) is 0 Å². The van der Waals surface area contributed by atoms with Gasteiger partial charge in [-0.05, 0) is 25.7 Å². The molecule has 13 heavy (non-hydrogen) atoms. The van der Waals surface area contributed by atoms with Crippen molar-refractivity contribution < 1.29 is 0 Å². The minimum absolute atomic E-state index is 0.346. The van der Waals surface area contributed by atoms with E-state index in [9.17, 15) is 0 Å². The quantitative estimate of drug-likeness (QED) is 0.709. The summed E-state index contributed by atoms with van der Waals surface area (Å²) in [5.74, 6) is 0. The number of hydrogen-bond acceptors (Lipinski definition) is 3. The molecule has 0 spiro atoms. The third kappa shape index (κ3) is 2.90. The average Bonchev–Trinajstić information content (AvgIpc) is 2.31. The molecular formula is C10H21N3. The number of nitrogens with one attached hydrogen (secondary N) is 1. The van der Waals surface area contributed by atoms with Gasteiger partial charge >= 0.3 is 0 Å². The van der Waals surface area contributed by atoms with Crippen LogP contribution in [0.15, 0.2) is 5.10 Å². The van der Waals surface area contributed by atoms with Crippen molar-refractivity contribution in [3.05, 3.63) is 0 Å². The SMILES string of the molecule is CC(C)N1C=NNC1CC(C)(C)C. The van der Waals surface area contributed by atoms with Gasteiger partial charge in [-0.2, -0.15) is 5.10 Å². The summed E-state index contributed by atoms with van der Waals surface area (Å²) in [5, 5.41) is 4.10. The summed E-state index contributed by atoms with van der Waals surface area (Å²) in [4.78, 5) is 2.27. The van der Waals surface area contributed by atoms with Crippen LogP contribution in [0.25, 0.3) is 0 Å². The molecule has 1 rings (SSSR count). The van der Waals surface area contributed by atoms with Crippen LogP contribution in [0.4, 0.5) is 0 Å². The zero-order valence-corrected chi connectivity index (χ0v) is 9.33. The molecule has 0 aromatic heterocycles. The predicted molar refractivity (Wildman–Crippen MR) is 56.5 cm³/mol. The van der Waals surface area contributed by atoms with Gasteiger partial charge in [-0.15, -0.1) is 0 Å². The third-order valence-corrected chi connectivity index (χ3v) is 2.18. The summed E-state index contributed by atoms with van der Waals surface area (Å²) in [6, 6.07) is 0.520. The summed E-state index contributed by atoms with van der Waals surface area (Å²) in [6.07, 6.45) is 3.40. The van der Waals surface area contributed by atoms with Crippen LogP contribution in [0.1, 0.15) is 41.0 Å². The fraction of sp³-hybridized carbons (Fsp3) is 0.900. The zero-order valence-electron chi connectivity index (χ0n) is 9.33. The van der Waals surface area contributed by atoms with E-state index in [0.717, 1.165) is 6.42 Å². The first-order chi connectivity index (χ1) is 5.90. The van der Waals surface area contributed by atoms with E-state index in [2.05, 4.69) is 50.0 Å². The van der Waals surface area contributed by atoms with Crippen LogP contribution in [-0.2, 0) is 0 Å². The summed E-state index contributed by atoms with van der Waals surface area (Å²) in [7, 11) is 0. The van der Waals surface area contributed by atoms with E-state index in [-0.39, 0.29) is 0 Å². The van der Waals surface area contributed by atoms with E-state index in [0.29, 0.717) is 17.6 Å². The molecule has 0 saturated carbocycles. The van der Waals surface area contributed by atoms with Gasteiger partial charge in [0.25, 0.3) is 0 Å².